The zero-order chi connectivity index (χ0) is 11.9. The number of hydrogen-bond acceptors (Lipinski definition) is 3. The van der Waals surface area contributed by atoms with Crippen molar-refractivity contribution in [3.05, 3.63) is 22.2 Å². The number of hydrogen-bond donors (Lipinski definition) is 2. The molecule has 1 aromatic rings. The normalized spacial score (nSPS) is 20.6. The molecule has 0 saturated carbocycles. The number of nitrogens with two attached hydrogens (primary N) is 2. The molecule has 1 aliphatic rings. The number of carbonyl (C=O) groups excluding carboxylic acids is 1. The molecule has 16 heavy (non-hydrogen) atoms. The van der Waals surface area contributed by atoms with Gasteiger partial charge in [-0.1, -0.05) is 23.2 Å². The van der Waals surface area contributed by atoms with Gasteiger partial charge in [-0.15, -0.1) is 0 Å². The highest BCUT2D eigenvalue weighted by atomic mass is 35.5. The topological polar surface area (TPSA) is 72.3 Å². The summed E-state index contributed by atoms with van der Waals surface area (Å²) < 4.78 is 0. The van der Waals surface area contributed by atoms with E-state index < -0.39 is 0 Å². The van der Waals surface area contributed by atoms with Gasteiger partial charge in [-0.3, -0.25) is 4.79 Å². The van der Waals surface area contributed by atoms with Crippen LogP contribution in [-0.4, -0.2) is 18.5 Å². The summed E-state index contributed by atoms with van der Waals surface area (Å²) in [6.45, 7) is 0.459. The molecule has 4 nitrogen and oxygen atoms in total. The van der Waals surface area contributed by atoms with E-state index in [4.69, 9.17) is 34.7 Å². The number of nitrogens with zero attached hydrogens (tertiary/aromatic N) is 1. The number of benzene rings is 1. The van der Waals surface area contributed by atoms with E-state index in [-0.39, 0.29) is 11.9 Å². The van der Waals surface area contributed by atoms with Crippen LogP contribution in [0.2, 0.25) is 10.0 Å². The molecule has 86 valence electrons. The van der Waals surface area contributed by atoms with Crippen LogP contribution in [0.25, 0.3) is 0 Å². The highest BCUT2D eigenvalue weighted by Gasteiger charge is 2.29. The molecule has 0 spiro atoms. The second-order valence-corrected chi connectivity index (χ2v) is 4.61. The van der Waals surface area contributed by atoms with Crippen LogP contribution in [0.4, 0.5) is 11.4 Å². The molecule has 0 aliphatic carbocycles. The van der Waals surface area contributed by atoms with Gasteiger partial charge < -0.3 is 16.4 Å². The van der Waals surface area contributed by atoms with Crippen LogP contribution in [0.1, 0.15) is 6.42 Å². The van der Waals surface area contributed by atoms with Gasteiger partial charge in [0.2, 0.25) is 5.91 Å². The maximum Gasteiger partial charge on any atom is 0.228 e. The van der Waals surface area contributed by atoms with Gasteiger partial charge in [-0.25, -0.2) is 0 Å². The van der Waals surface area contributed by atoms with Gasteiger partial charge in [0.05, 0.1) is 21.4 Å². The number of nitrogen functional groups attached to an aromatic ring is 1. The SMILES string of the molecule is Nc1cc(Cl)c(Cl)cc1N1CC(N)CC1=O. The molecule has 2 rings (SSSR count). The first-order valence-corrected chi connectivity index (χ1v) is 5.55. The highest BCUT2D eigenvalue weighted by molar-refractivity contribution is 6.42. The molecule has 4 N–H and O–H groups in total. The minimum atomic E-state index is -0.152. The molecule has 1 fully saturated rings. The second kappa shape index (κ2) is 4.13. The lowest BCUT2D eigenvalue weighted by Crippen LogP contribution is -2.28. The molecule has 6 heteroatoms. The summed E-state index contributed by atoms with van der Waals surface area (Å²) in [7, 11) is 0. The van der Waals surface area contributed by atoms with Gasteiger partial charge in [-0.05, 0) is 12.1 Å². The number of carbonyl (C=O) groups is 1. The maximum atomic E-state index is 11.6. The predicted octanol–water partition coefficient (Wildman–Crippen LogP) is 1.64. The Morgan fingerprint density at radius 1 is 1.31 bits per heavy atom. The van der Waals surface area contributed by atoms with Gasteiger partial charge in [0, 0.05) is 19.0 Å². The second-order valence-electron chi connectivity index (χ2n) is 3.79. The highest BCUT2D eigenvalue weighted by Crippen LogP contribution is 2.34. The van der Waals surface area contributed by atoms with Crippen LogP contribution >= 0.6 is 23.2 Å². The summed E-state index contributed by atoms with van der Waals surface area (Å²) in [5, 5.41) is 0.748. The third kappa shape index (κ3) is 1.96. The van der Waals surface area contributed by atoms with Crippen LogP contribution in [0, 0.1) is 0 Å². The third-order valence-electron chi connectivity index (χ3n) is 2.52. The monoisotopic (exact) mass is 259 g/mol. The molecular formula is C10H11Cl2N3O. The van der Waals surface area contributed by atoms with E-state index in [1.165, 1.54) is 6.07 Å². The molecule has 1 saturated heterocycles. The standard InChI is InChI=1S/C10H11Cl2N3O/c11-6-2-8(14)9(3-7(6)12)15-4-5(13)1-10(15)16/h2-3,5H,1,4,13-14H2. The number of rotatable bonds is 1. The number of amides is 1. The van der Waals surface area contributed by atoms with Crippen molar-refractivity contribution in [2.75, 3.05) is 17.2 Å². The lowest BCUT2D eigenvalue weighted by molar-refractivity contribution is -0.117. The summed E-state index contributed by atoms with van der Waals surface area (Å²) in [6.07, 6.45) is 0.333. The molecule has 0 radical (unpaired) electrons. The van der Waals surface area contributed by atoms with Crippen LogP contribution in [0.5, 0.6) is 0 Å². The van der Waals surface area contributed by atoms with E-state index in [0.717, 1.165) is 0 Å². The summed E-state index contributed by atoms with van der Waals surface area (Å²) >= 11 is 11.7. The lowest BCUT2D eigenvalue weighted by Gasteiger charge is -2.18. The number of halogens is 2. The smallest absolute Gasteiger partial charge is 0.228 e. The van der Waals surface area contributed by atoms with Crippen molar-refractivity contribution in [2.45, 2.75) is 12.5 Å². The molecule has 1 aliphatic heterocycles. The molecule has 1 atom stereocenters. The predicted molar refractivity (Wildman–Crippen MR) is 65.8 cm³/mol. The first-order chi connectivity index (χ1) is 7.49. The third-order valence-corrected chi connectivity index (χ3v) is 3.24. The molecule has 1 amide bonds. The molecular weight excluding hydrogens is 249 g/mol. The van der Waals surface area contributed by atoms with Gasteiger partial charge in [-0.2, -0.15) is 0 Å². The fourth-order valence-electron chi connectivity index (χ4n) is 1.75. The summed E-state index contributed by atoms with van der Waals surface area (Å²) in [4.78, 5) is 13.2. The lowest BCUT2D eigenvalue weighted by atomic mass is 10.2. The van der Waals surface area contributed by atoms with E-state index >= 15 is 0 Å². The largest absolute Gasteiger partial charge is 0.397 e. The fourth-order valence-corrected chi connectivity index (χ4v) is 2.08. The molecule has 0 aromatic heterocycles. The first-order valence-electron chi connectivity index (χ1n) is 4.79. The van der Waals surface area contributed by atoms with Gasteiger partial charge in [0.1, 0.15) is 0 Å². The Morgan fingerprint density at radius 3 is 2.50 bits per heavy atom. The van der Waals surface area contributed by atoms with Crippen LogP contribution < -0.4 is 16.4 Å². The van der Waals surface area contributed by atoms with Crippen molar-refractivity contribution in [1.29, 1.82) is 0 Å². The molecule has 1 aromatic carbocycles. The average molecular weight is 260 g/mol. The fraction of sp³-hybridized carbons (Fsp3) is 0.300. The Balaban J connectivity index is 2.41. The van der Waals surface area contributed by atoms with E-state index in [1.54, 1.807) is 11.0 Å². The zero-order valence-electron chi connectivity index (χ0n) is 8.41. The summed E-state index contributed by atoms with van der Waals surface area (Å²) in [6, 6.07) is 2.98. The van der Waals surface area contributed by atoms with Gasteiger partial charge >= 0.3 is 0 Å². The average Bonchev–Trinajstić information content (AvgIpc) is 2.51. The van der Waals surface area contributed by atoms with Gasteiger partial charge in [0.25, 0.3) is 0 Å². The Bertz CT molecular complexity index is 450. The molecule has 0 bridgehead atoms. The van der Waals surface area contributed by atoms with E-state index in [1.807, 2.05) is 0 Å². The maximum absolute atomic E-state index is 11.6. The van der Waals surface area contributed by atoms with Crippen molar-refractivity contribution in [3.8, 4) is 0 Å². The Morgan fingerprint density at radius 2 is 1.94 bits per heavy atom. The number of anilines is 2. The zero-order valence-corrected chi connectivity index (χ0v) is 9.92. The van der Waals surface area contributed by atoms with Crippen LogP contribution in [-0.2, 0) is 4.79 Å². The van der Waals surface area contributed by atoms with Crippen molar-refractivity contribution >= 4 is 40.5 Å². The summed E-state index contributed by atoms with van der Waals surface area (Å²) in [5.74, 6) is -0.0439. The quantitative estimate of drug-likeness (QED) is 0.754. The van der Waals surface area contributed by atoms with Gasteiger partial charge in [0.15, 0.2) is 0 Å². The van der Waals surface area contributed by atoms with Crippen molar-refractivity contribution in [2.24, 2.45) is 5.73 Å². The summed E-state index contributed by atoms with van der Waals surface area (Å²) in [5.41, 5.74) is 12.5. The minimum Gasteiger partial charge on any atom is -0.397 e. The first kappa shape index (κ1) is 11.5. The Hall–Kier alpha value is -0.970. The van der Waals surface area contributed by atoms with E-state index in [2.05, 4.69) is 0 Å². The Kier molecular flexibility index (Phi) is 2.97. The van der Waals surface area contributed by atoms with Crippen molar-refractivity contribution in [1.82, 2.24) is 0 Å². The van der Waals surface area contributed by atoms with Crippen molar-refractivity contribution < 1.29 is 4.79 Å². The minimum absolute atomic E-state index is 0.0439. The van der Waals surface area contributed by atoms with E-state index in [9.17, 15) is 4.79 Å². The van der Waals surface area contributed by atoms with Crippen molar-refractivity contribution in [3.63, 3.8) is 0 Å². The molecule has 1 unspecified atom stereocenters. The van der Waals surface area contributed by atoms with E-state index in [0.29, 0.717) is 34.4 Å². The van der Waals surface area contributed by atoms with Crippen LogP contribution in [0.15, 0.2) is 12.1 Å². The molecule has 1 heterocycles. The Labute approximate surface area is 103 Å². The van der Waals surface area contributed by atoms with Crippen LogP contribution in [0.3, 0.4) is 0 Å².